The smallest absolute Gasteiger partial charge is 0.135 e. The first-order valence-electron chi connectivity index (χ1n) is 5.34. The van der Waals surface area contributed by atoms with Gasteiger partial charge in [0.2, 0.25) is 0 Å². The van der Waals surface area contributed by atoms with Gasteiger partial charge in [0.15, 0.2) is 0 Å². The Hall–Kier alpha value is -0.840. The van der Waals surface area contributed by atoms with Crippen LogP contribution in [0, 0.1) is 0 Å². The van der Waals surface area contributed by atoms with E-state index in [1.165, 1.54) is 0 Å². The van der Waals surface area contributed by atoms with Crippen LogP contribution in [-0.4, -0.2) is 9.97 Å². The van der Waals surface area contributed by atoms with Gasteiger partial charge < -0.3 is 5.32 Å². The van der Waals surface area contributed by atoms with Gasteiger partial charge in [-0.3, -0.25) is 0 Å². The third-order valence-electron chi connectivity index (χ3n) is 2.27. The summed E-state index contributed by atoms with van der Waals surface area (Å²) in [5.41, 5.74) is 0.647. The first-order valence-corrected chi connectivity index (χ1v) is 6.89. The second-order valence-electron chi connectivity index (χ2n) is 3.57. The van der Waals surface area contributed by atoms with E-state index in [-0.39, 0.29) is 0 Å². The summed E-state index contributed by atoms with van der Waals surface area (Å²) in [7, 11) is 0. The number of hydrogen-bond acceptors (Lipinski definition) is 3. The summed E-state index contributed by atoms with van der Waals surface area (Å²) < 4.78 is 0.722. The molecule has 0 saturated carbocycles. The van der Waals surface area contributed by atoms with Crippen LogP contribution in [0.5, 0.6) is 0 Å². The summed E-state index contributed by atoms with van der Waals surface area (Å²) in [6, 6.07) is 7.11. The molecule has 0 aliphatic carbocycles. The Morgan fingerprint density at radius 2 is 1.89 bits per heavy atom. The minimum Gasteiger partial charge on any atom is -0.338 e. The molecule has 0 aliphatic heterocycles. The molecule has 18 heavy (non-hydrogen) atoms. The molecule has 1 aromatic heterocycles. The lowest BCUT2D eigenvalue weighted by molar-refractivity contribution is 0.931. The summed E-state index contributed by atoms with van der Waals surface area (Å²) in [4.78, 5) is 8.60. The number of hydrogen-bond donors (Lipinski definition) is 1. The Labute approximate surface area is 124 Å². The quantitative estimate of drug-likeness (QED) is 0.807. The molecule has 0 unspecified atom stereocenters. The summed E-state index contributed by atoms with van der Waals surface area (Å²) in [6.07, 6.45) is 0.754. The molecule has 0 amide bonds. The Kier molecular flexibility index (Phi) is 4.43. The average Bonchev–Trinajstić information content (AvgIpc) is 2.33. The van der Waals surface area contributed by atoms with Crippen molar-refractivity contribution in [3.8, 4) is 0 Å². The molecule has 1 aromatic carbocycles. The maximum Gasteiger partial charge on any atom is 0.135 e. The molecule has 1 heterocycles. The predicted octanol–water partition coefficient (Wildman–Crippen LogP) is 4.85. The highest BCUT2D eigenvalue weighted by molar-refractivity contribution is 9.10. The van der Waals surface area contributed by atoms with Gasteiger partial charge >= 0.3 is 0 Å². The van der Waals surface area contributed by atoms with Gasteiger partial charge in [-0.2, -0.15) is 0 Å². The highest BCUT2D eigenvalue weighted by Crippen LogP contribution is 2.32. The number of benzene rings is 1. The fourth-order valence-corrected chi connectivity index (χ4v) is 2.35. The summed E-state index contributed by atoms with van der Waals surface area (Å²) in [5, 5.41) is 4.21. The first-order chi connectivity index (χ1) is 8.60. The topological polar surface area (TPSA) is 37.8 Å². The zero-order valence-electron chi connectivity index (χ0n) is 9.54. The fourth-order valence-electron chi connectivity index (χ4n) is 1.43. The van der Waals surface area contributed by atoms with E-state index in [0.717, 1.165) is 16.8 Å². The molecule has 0 radical (unpaired) electrons. The second kappa shape index (κ2) is 5.87. The molecule has 2 rings (SSSR count). The van der Waals surface area contributed by atoms with Crippen LogP contribution in [0.3, 0.4) is 0 Å². The normalized spacial score (nSPS) is 10.4. The molecule has 0 saturated heterocycles. The highest BCUT2D eigenvalue weighted by Gasteiger charge is 2.08. The van der Waals surface area contributed by atoms with E-state index in [9.17, 15) is 0 Å². The number of para-hydroxylation sites is 1. The van der Waals surface area contributed by atoms with Crippen molar-refractivity contribution in [3.63, 3.8) is 0 Å². The zero-order chi connectivity index (χ0) is 13.1. The number of rotatable bonds is 3. The van der Waals surface area contributed by atoms with Gasteiger partial charge in [-0.25, -0.2) is 9.97 Å². The van der Waals surface area contributed by atoms with Crippen LogP contribution in [0.15, 0.2) is 28.9 Å². The number of anilines is 2. The SMILES string of the molecule is CCc1nc(Br)cc(Nc2c(Cl)cccc2Cl)n1. The van der Waals surface area contributed by atoms with E-state index in [4.69, 9.17) is 23.2 Å². The van der Waals surface area contributed by atoms with Crippen LogP contribution in [0.25, 0.3) is 0 Å². The van der Waals surface area contributed by atoms with Crippen LogP contribution < -0.4 is 5.32 Å². The molecule has 0 fully saturated rings. The lowest BCUT2D eigenvalue weighted by Crippen LogP contribution is -2.00. The highest BCUT2D eigenvalue weighted by atomic mass is 79.9. The molecule has 0 atom stereocenters. The van der Waals surface area contributed by atoms with Crippen molar-refractivity contribution >= 4 is 50.6 Å². The third kappa shape index (κ3) is 3.13. The largest absolute Gasteiger partial charge is 0.338 e. The van der Waals surface area contributed by atoms with E-state index in [1.54, 1.807) is 24.3 Å². The Bertz CT molecular complexity index is 555. The van der Waals surface area contributed by atoms with E-state index in [0.29, 0.717) is 21.6 Å². The zero-order valence-corrected chi connectivity index (χ0v) is 12.6. The van der Waals surface area contributed by atoms with Crippen LogP contribution in [0.1, 0.15) is 12.7 Å². The standard InChI is InChI=1S/C12H10BrCl2N3/c1-2-10-16-9(13)6-11(17-10)18-12-7(14)4-3-5-8(12)15/h3-6H,2H2,1H3,(H,16,17,18). The van der Waals surface area contributed by atoms with E-state index in [1.807, 2.05) is 6.92 Å². The molecule has 1 N–H and O–H groups in total. The van der Waals surface area contributed by atoms with Crippen molar-refractivity contribution in [1.29, 1.82) is 0 Å². The van der Waals surface area contributed by atoms with E-state index >= 15 is 0 Å². The van der Waals surface area contributed by atoms with Crippen LogP contribution in [0.2, 0.25) is 10.0 Å². The van der Waals surface area contributed by atoms with Crippen LogP contribution in [0.4, 0.5) is 11.5 Å². The molecule has 0 aliphatic rings. The Morgan fingerprint density at radius 3 is 2.50 bits per heavy atom. The molecule has 0 spiro atoms. The first kappa shape index (κ1) is 13.6. The average molecular weight is 347 g/mol. The van der Waals surface area contributed by atoms with Gasteiger partial charge in [0, 0.05) is 12.5 Å². The number of halogens is 3. The number of aromatic nitrogens is 2. The maximum absolute atomic E-state index is 6.09. The molecule has 94 valence electrons. The van der Waals surface area contributed by atoms with Gasteiger partial charge in [0.05, 0.1) is 15.7 Å². The number of aryl methyl sites for hydroxylation is 1. The van der Waals surface area contributed by atoms with Gasteiger partial charge in [-0.15, -0.1) is 0 Å². The van der Waals surface area contributed by atoms with Gasteiger partial charge in [0.1, 0.15) is 16.2 Å². The summed E-state index contributed by atoms with van der Waals surface area (Å²) in [5.74, 6) is 1.40. The third-order valence-corrected chi connectivity index (χ3v) is 3.31. The molecule has 0 bridgehead atoms. The van der Waals surface area contributed by atoms with E-state index in [2.05, 4.69) is 31.2 Å². The van der Waals surface area contributed by atoms with Gasteiger partial charge in [-0.1, -0.05) is 36.2 Å². The van der Waals surface area contributed by atoms with Crippen molar-refractivity contribution in [2.75, 3.05) is 5.32 Å². The Morgan fingerprint density at radius 1 is 1.22 bits per heavy atom. The minimum absolute atomic E-state index is 0.551. The number of nitrogens with one attached hydrogen (secondary N) is 1. The van der Waals surface area contributed by atoms with Crippen molar-refractivity contribution in [1.82, 2.24) is 9.97 Å². The van der Waals surface area contributed by atoms with Crippen molar-refractivity contribution in [3.05, 3.63) is 44.7 Å². The van der Waals surface area contributed by atoms with Crippen LogP contribution >= 0.6 is 39.1 Å². The van der Waals surface area contributed by atoms with E-state index < -0.39 is 0 Å². The molecule has 3 nitrogen and oxygen atoms in total. The lowest BCUT2D eigenvalue weighted by Gasteiger charge is -2.10. The van der Waals surface area contributed by atoms with Crippen molar-refractivity contribution in [2.45, 2.75) is 13.3 Å². The van der Waals surface area contributed by atoms with Gasteiger partial charge in [-0.05, 0) is 28.1 Å². The summed E-state index contributed by atoms with van der Waals surface area (Å²) >= 11 is 15.5. The van der Waals surface area contributed by atoms with Crippen LogP contribution in [-0.2, 0) is 6.42 Å². The predicted molar refractivity (Wildman–Crippen MR) is 78.9 cm³/mol. The molecular weight excluding hydrogens is 337 g/mol. The fraction of sp³-hybridized carbons (Fsp3) is 0.167. The van der Waals surface area contributed by atoms with Crippen molar-refractivity contribution < 1.29 is 0 Å². The molecular formula is C12H10BrCl2N3. The van der Waals surface area contributed by atoms with Crippen molar-refractivity contribution in [2.24, 2.45) is 0 Å². The van der Waals surface area contributed by atoms with Gasteiger partial charge in [0.25, 0.3) is 0 Å². The monoisotopic (exact) mass is 345 g/mol. The second-order valence-corrected chi connectivity index (χ2v) is 5.19. The number of nitrogens with zero attached hydrogens (tertiary/aromatic N) is 2. The minimum atomic E-state index is 0.551. The summed E-state index contributed by atoms with van der Waals surface area (Å²) in [6.45, 7) is 1.99. The lowest BCUT2D eigenvalue weighted by atomic mass is 10.3. The maximum atomic E-state index is 6.09. The molecule has 2 aromatic rings. The molecule has 6 heteroatoms. The Balaban J connectivity index is 2.37.